The normalized spacial score (nSPS) is 10.9. The van der Waals surface area contributed by atoms with Crippen LogP contribution in [-0.4, -0.2) is 19.6 Å². The Morgan fingerprint density at radius 1 is 1.17 bits per heavy atom. The van der Waals surface area contributed by atoms with Gasteiger partial charge in [0.05, 0.1) is 6.20 Å². The van der Waals surface area contributed by atoms with E-state index in [9.17, 15) is 0 Å². The minimum Gasteiger partial charge on any atom is -0.221 e. The van der Waals surface area contributed by atoms with Crippen molar-refractivity contribution >= 4 is 5.65 Å². The van der Waals surface area contributed by atoms with Gasteiger partial charge in [-0.2, -0.15) is 5.10 Å². The minimum atomic E-state index is 0.875. The van der Waals surface area contributed by atoms with Gasteiger partial charge in [0, 0.05) is 12.0 Å². The van der Waals surface area contributed by atoms with Crippen LogP contribution in [0.4, 0.5) is 0 Å². The van der Waals surface area contributed by atoms with E-state index in [1.54, 1.807) is 10.8 Å². The molecule has 4 heteroatoms. The molecule has 4 nitrogen and oxygen atoms in total. The third-order valence-corrected chi connectivity index (χ3v) is 2.88. The summed E-state index contributed by atoms with van der Waals surface area (Å²) in [5.41, 5.74) is 3.06. The van der Waals surface area contributed by atoms with Crippen LogP contribution < -0.4 is 0 Å². The third-order valence-electron chi connectivity index (χ3n) is 2.88. The van der Waals surface area contributed by atoms with E-state index in [2.05, 4.69) is 34.1 Å². The summed E-state index contributed by atoms with van der Waals surface area (Å²) in [5.74, 6) is 0.877. The van der Waals surface area contributed by atoms with Crippen molar-refractivity contribution in [3.8, 4) is 11.1 Å². The Morgan fingerprint density at radius 2 is 2.00 bits per heavy atom. The first-order chi connectivity index (χ1) is 8.88. The third kappa shape index (κ3) is 1.86. The van der Waals surface area contributed by atoms with Crippen molar-refractivity contribution in [1.29, 1.82) is 0 Å². The van der Waals surface area contributed by atoms with E-state index in [0.717, 1.165) is 35.4 Å². The maximum atomic E-state index is 4.59. The number of benzene rings is 1. The molecule has 0 unspecified atom stereocenters. The molecular weight excluding hydrogens is 224 g/mol. The second kappa shape index (κ2) is 4.56. The molecule has 0 aliphatic rings. The Hall–Kier alpha value is -2.23. The molecular formula is C14H14N4. The Balaban J connectivity index is 2.15. The van der Waals surface area contributed by atoms with Gasteiger partial charge in [0.15, 0.2) is 5.65 Å². The highest BCUT2D eigenvalue weighted by molar-refractivity contribution is 5.76. The fraction of sp³-hybridized carbons (Fsp3) is 0.214. The zero-order valence-electron chi connectivity index (χ0n) is 10.2. The molecule has 0 atom stereocenters. The van der Waals surface area contributed by atoms with Crippen molar-refractivity contribution in [3.05, 3.63) is 48.7 Å². The molecule has 3 rings (SSSR count). The molecule has 3 aromatic rings. The molecule has 0 radical (unpaired) electrons. The number of nitrogens with zero attached hydrogens (tertiary/aromatic N) is 4. The van der Waals surface area contributed by atoms with Gasteiger partial charge in [-0.3, -0.25) is 0 Å². The van der Waals surface area contributed by atoms with E-state index in [1.165, 1.54) is 0 Å². The van der Waals surface area contributed by atoms with Crippen molar-refractivity contribution in [2.24, 2.45) is 0 Å². The zero-order chi connectivity index (χ0) is 12.4. The van der Waals surface area contributed by atoms with Gasteiger partial charge in [-0.1, -0.05) is 37.3 Å². The number of aromatic nitrogens is 4. The van der Waals surface area contributed by atoms with E-state index in [0.29, 0.717) is 0 Å². The van der Waals surface area contributed by atoms with Gasteiger partial charge in [0.1, 0.15) is 12.2 Å². The molecule has 0 bridgehead atoms. The lowest BCUT2D eigenvalue weighted by molar-refractivity contribution is 0.795. The molecule has 0 aliphatic heterocycles. The van der Waals surface area contributed by atoms with Crippen LogP contribution in [0.15, 0.2) is 42.9 Å². The summed E-state index contributed by atoms with van der Waals surface area (Å²) in [6.45, 7) is 2.13. The lowest BCUT2D eigenvalue weighted by Gasteiger charge is -2.00. The van der Waals surface area contributed by atoms with Crippen LogP contribution >= 0.6 is 0 Å². The Labute approximate surface area is 105 Å². The molecule has 1 aromatic carbocycles. The topological polar surface area (TPSA) is 43.1 Å². The molecule has 0 saturated heterocycles. The van der Waals surface area contributed by atoms with E-state index in [4.69, 9.17) is 0 Å². The first-order valence-corrected chi connectivity index (χ1v) is 6.13. The molecule has 0 fully saturated rings. The minimum absolute atomic E-state index is 0.875. The van der Waals surface area contributed by atoms with Crippen molar-refractivity contribution in [1.82, 2.24) is 19.6 Å². The average molecular weight is 238 g/mol. The summed E-state index contributed by atoms with van der Waals surface area (Å²) in [7, 11) is 0. The van der Waals surface area contributed by atoms with Crippen LogP contribution in [0, 0.1) is 0 Å². The molecule has 0 aliphatic carbocycles. The van der Waals surface area contributed by atoms with Crippen LogP contribution in [0.25, 0.3) is 16.8 Å². The fourth-order valence-electron chi connectivity index (χ4n) is 1.99. The van der Waals surface area contributed by atoms with Crippen LogP contribution in [-0.2, 0) is 6.42 Å². The van der Waals surface area contributed by atoms with Crippen molar-refractivity contribution in [2.45, 2.75) is 19.8 Å². The van der Waals surface area contributed by atoms with E-state index >= 15 is 0 Å². The molecule has 0 spiro atoms. The number of fused-ring (bicyclic) bond motifs is 1. The highest BCUT2D eigenvalue weighted by Crippen LogP contribution is 2.22. The SMILES string of the molecule is CCCc1ncn2ncc(-c3ccccc3)c2n1. The number of rotatable bonds is 3. The molecule has 18 heavy (non-hydrogen) atoms. The van der Waals surface area contributed by atoms with Crippen LogP contribution in [0.1, 0.15) is 19.2 Å². The Morgan fingerprint density at radius 3 is 2.78 bits per heavy atom. The van der Waals surface area contributed by atoms with Gasteiger partial charge in [-0.15, -0.1) is 0 Å². The summed E-state index contributed by atoms with van der Waals surface area (Å²) in [6, 6.07) is 10.2. The van der Waals surface area contributed by atoms with Crippen molar-refractivity contribution < 1.29 is 0 Å². The lowest BCUT2D eigenvalue weighted by atomic mass is 10.1. The maximum Gasteiger partial charge on any atom is 0.166 e. The number of hydrogen-bond donors (Lipinski definition) is 0. The lowest BCUT2D eigenvalue weighted by Crippen LogP contribution is -1.99. The summed E-state index contributed by atoms with van der Waals surface area (Å²) < 4.78 is 1.72. The Kier molecular flexibility index (Phi) is 2.76. The first kappa shape index (κ1) is 10.9. The number of aryl methyl sites for hydroxylation is 1. The Bertz CT molecular complexity index is 658. The standard InChI is InChI=1S/C14H14N4/c1-2-6-13-15-10-18-14(17-13)12(9-16-18)11-7-4-3-5-8-11/h3-5,7-10H,2,6H2,1H3. The van der Waals surface area contributed by atoms with Gasteiger partial charge in [0.25, 0.3) is 0 Å². The highest BCUT2D eigenvalue weighted by atomic mass is 15.3. The summed E-state index contributed by atoms with van der Waals surface area (Å²) in [6.07, 6.45) is 5.52. The molecule has 0 saturated carbocycles. The second-order valence-corrected chi connectivity index (χ2v) is 4.22. The van der Waals surface area contributed by atoms with Gasteiger partial charge in [-0.25, -0.2) is 14.5 Å². The monoisotopic (exact) mass is 238 g/mol. The molecule has 2 aromatic heterocycles. The highest BCUT2D eigenvalue weighted by Gasteiger charge is 2.08. The first-order valence-electron chi connectivity index (χ1n) is 6.13. The molecule has 2 heterocycles. The van der Waals surface area contributed by atoms with Crippen molar-refractivity contribution in [2.75, 3.05) is 0 Å². The van der Waals surface area contributed by atoms with E-state index in [-0.39, 0.29) is 0 Å². The summed E-state index contributed by atoms with van der Waals surface area (Å²) in [4.78, 5) is 8.88. The fourth-order valence-corrected chi connectivity index (χ4v) is 1.99. The number of hydrogen-bond acceptors (Lipinski definition) is 3. The van der Waals surface area contributed by atoms with E-state index < -0.39 is 0 Å². The largest absolute Gasteiger partial charge is 0.221 e. The molecule has 0 amide bonds. The average Bonchev–Trinajstić information content (AvgIpc) is 2.83. The summed E-state index contributed by atoms with van der Waals surface area (Å²) >= 11 is 0. The molecule has 0 N–H and O–H groups in total. The summed E-state index contributed by atoms with van der Waals surface area (Å²) in [5, 5.41) is 4.29. The maximum absolute atomic E-state index is 4.59. The van der Waals surface area contributed by atoms with Crippen LogP contribution in [0.3, 0.4) is 0 Å². The van der Waals surface area contributed by atoms with Crippen LogP contribution in [0.5, 0.6) is 0 Å². The van der Waals surface area contributed by atoms with Crippen molar-refractivity contribution in [3.63, 3.8) is 0 Å². The predicted molar refractivity (Wildman–Crippen MR) is 70.2 cm³/mol. The van der Waals surface area contributed by atoms with Gasteiger partial charge < -0.3 is 0 Å². The smallest absolute Gasteiger partial charge is 0.166 e. The van der Waals surface area contributed by atoms with Crippen LogP contribution in [0.2, 0.25) is 0 Å². The molecule has 90 valence electrons. The van der Waals surface area contributed by atoms with E-state index in [1.807, 2.05) is 24.4 Å². The van der Waals surface area contributed by atoms with Gasteiger partial charge in [0.2, 0.25) is 0 Å². The quantitative estimate of drug-likeness (QED) is 0.704. The van der Waals surface area contributed by atoms with Gasteiger partial charge in [-0.05, 0) is 12.0 Å². The predicted octanol–water partition coefficient (Wildman–Crippen LogP) is 2.74. The van der Waals surface area contributed by atoms with Gasteiger partial charge >= 0.3 is 0 Å². The second-order valence-electron chi connectivity index (χ2n) is 4.22. The zero-order valence-corrected chi connectivity index (χ0v) is 10.2.